The summed E-state index contributed by atoms with van der Waals surface area (Å²) in [4.78, 5) is 17.6. The molecule has 0 bridgehead atoms. The van der Waals surface area contributed by atoms with E-state index < -0.39 is 0 Å². The van der Waals surface area contributed by atoms with Crippen molar-refractivity contribution in [3.05, 3.63) is 30.3 Å². The number of hydrogen-bond donors (Lipinski definition) is 1. The lowest BCUT2D eigenvalue weighted by atomic mass is 10.3. The fraction of sp³-hybridized carbons (Fsp3) is 0.300. The van der Waals surface area contributed by atoms with Crippen molar-refractivity contribution < 1.29 is 14.7 Å². The van der Waals surface area contributed by atoms with Crippen LogP contribution in [0.1, 0.15) is 20.8 Å². The van der Waals surface area contributed by atoms with Crippen molar-refractivity contribution >= 4 is 16.8 Å². The average Bonchev–Trinajstić information content (AvgIpc) is 2.22. The second-order valence-corrected chi connectivity index (χ2v) is 2.50. The number of benzene rings is 1. The molecule has 0 aliphatic heterocycles. The Morgan fingerprint density at radius 3 is 2.00 bits per heavy atom. The van der Waals surface area contributed by atoms with Gasteiger partial charge in [0, 0.05) is 6.92 Å². The molecule has 0 heterocycles. The summed E-state index contributed by atoms with van der Waals surface area (Å²) in [5.74, 6) is 5.24. The molecular formula is C10H16ClNO3. The first-order valence-corrected chi connectivity index (χ1v) is 4.79. The quantitative estimate of drug-likeness (QED) is 0.485. The standard InChI is InChI=1S/C6H7NO2.C2H3ClO.C2H6/c7-9-8-6-4-2-1-3-5-6;1-2(3)4;1-2/h1-5H,7H2;1H3;1-2H3. The molecule has 86 valence electrons. The highest BCUT2D eigenvalue weighted by atomic mass is 35.5. The molecule has 0 radical (unpaired) electrons. The van der Waals surface area contributed by atoms with E-state index in [1.807, 2.05) is 32.0 Å². The lowest BCUT2D eigenvalue weighted by Crippen LogP contribution is -2.02. The highest BCUT2D eigenvalue weighted by Gasteiger charge is 1.86. The number of rotatable bonds is 2. The van der Waals surface area contributed by atoms with Crippen LogP contribution in [0, 0.1) is 0 Å². The zero-order valence-corrected chi connectivity index (χ0v) is 9.82. The van der Waals surface area contributed by atoms with Crippen molar-refractivity contribution in [3.63, 3.8) is 0 Å². The molecule has 5 heteroatoms. The lowest BCUT2D eigenvalue weighted by Gasteiger charge is -1.95. The first-order valence-electron chi connectivity index (χ1n) is 4.41. The molecular weight excluding hydrogens is 218 g/mol. The fourth-order valence-electron chi connectivity index (χ4n) is 0.532. The number of carbonyl (C=O) groups excluding carboxylic acids is 1. The van der Waals surface area contributed by atoms with E-state index in [0.29, 0.717) is 5.75 Å². The maximum Gasteiger partial charge on any atom is 0.218 e. The highest BCUT2D eigenvalue weighted by Crippen LogP contribution is 2.06. The Kier molecular flexibility index (Phi) is 14.0. The molecule has 0 aliphatic rings. The van der Waals surface area contributed by atoms with Crippen LogP contribution < -0.4 is 10.8 Å². The Morgan fingerprint density at radius 1 is 1.27 bits per heavy atom. The second-order valence-electron chi connectivity index (χ2n) is 1.96. The van der Waals surface area contributed by atoms with Crippen LogP contribution in [-0.4, -0.2) is 5.24 Å². The number of hydrogen-bond acceptors (Lipinski definition) is 4. The van der Waals surface area contributed by atoms with Crippen molar-refractivity contribution in [3.8, 4) is 5.75 Å². The van der Waals surface area contributed by atoms with Gasteiger partial charge in [-0.15, -0.1) is 0 Å². The Bertz CT molecular complexity index is 238. The van der Waals surface area contributed by atoms with E-state index in [2.05, 4.69) is 27.4 Å². The molecule has 0 aliphatic carbocycles. The molecule has 0 unspecified atom stereocenters. The van der Waals surface area contributed by atoms with Crippen LogP contribution in [-0.2, 0) is 9.78 Å². The number of halogens is 1. The zero-order chi connectivity index (χ0) is 12.1. The van der Waals surface area contributed by atoms with Crippen LogP contribution in [0.5, 0.6) is 5.75 Å². The van der Waals surface area contributed by atoms with Gasteiger partial charge in [-0.2, -0.15) is 5.90 Å². The molecule has 2 N–H and O–H groups in total. The van der Waals surface area contributed by atoms with Gasteiger partial charge in [0.15, 0.2) is 5.75 Å². The van der Waals surface area contributed by atoms with Crippen molar-refractivity contribution in [2.75, 3.05) is 0 Å². The summed E-state index contributed by atoms with van der Waals surface area (Å²) in [5, 5.41) is -0.361. The van der Waals surface area contributed by atoms with E-state index in [0.717, 1.165) is 0 Å². The van der Waals surface area contributed by atoms with Crippen LogP contribution in [0.25, 0.3) is 0 Å². The molecule has 0 aromatic heterocycles. The van der Waals surface area contributed by atoms with Gasteiger partial charge in [0.25, 0.3) is 0 Å². The van der Waals surface area contributed by atoms with Crippen LogP contribution in [0.15, 0.2) is 30.3 Å². The predicted octanol–water partition coefficient (Wildman–Crippen LogP) is 2.67. The molecule has 4 nitrogen and oxygen atoms in total. The topological polar surface area (TPSA) is 61.6 Å². The summed E-state index contributed by atoms with van der Waals surface area (Å²) in [7, 11) is 0. The van der Waals surface area contributed by atoms with Gasteiger partial charge in [-0.3, -0.25) is 4.79 Å². The van der Waals surface area contributed by atoms with Gasteiger partial charge >= 0.3 is 0 Å². The minimum Gasteiger partial charge on any atom is -0.320 e. The predicted molar refractivity (Wildman–Crippen MR) is 60.2 cm³/mol. The van der Waals surface area contributed by atoms with E-state index in [4.69, 9.17) is 0 Å². The van der Waals surface area contributed by atoms with E-state index in [1.165, 1.54) is 6.92 Å². The fourth-order valence-corrected chi connectivity index (χ4v) is 0.532. The SMILES string of the molecule is CC.CC(=O)Cl.NOOc1ccccc1. The normalized spacial score (nSPS) is 7.53. The van der Waals surface area contributed by atoms with Gasteiger partial charge in [-0.1, -0.05) is 37.0 Å². The molecule has 1 aromatic carbocycles. The van der Waals surface area contributed by atoms with Crippen molar-refractivity contribution in [2.24, 2.45) is 5.90 Å². The van der Waals surface area contributed by atoms with Gasteiger partial charge in [0.1, 0.15) is 0 Å². The second kappa shape index (κ2) is 12.9. The third kappa shape index (κ3) is 15.6. The zero-order valence-electron chi connectivity index (χ0n) is 9.07. The third-order valence-corrected chi connectivity index (χ3v) is 0.888. The molecule has 0 saturated carbocycles. The smallest absolute Gasteiger partial charge is 0.218 e. The van der Waals surface area contributed by atoms with E-state index in [9.17, 15) is 4.79 Å². The molecule has 0 fully saturated rings. The molecule has 0 amide bonds. The largest absolute Gasteiger partial charge is 0.320 e. The minimum atomic E-state index is -0.361. The molecule has 0 atom stereocenters. The molecule has 0 saturated heterocycles. The van der Waals surface area contributed by atoms with Crippen LogP contribution >= 0.6 is 11.6 Å². The van der Waals surface area contributed by atoms with Crippen LogP contribution in [0.4, 0.5) is 0 Å². The Morgan fingerprint density at radius 2 is 1.67 bits per heavy atom. The first kappa shape index (κ1) is 16.3. The van der Waals surface area contributed by atoms with Gasteiger partial charge in [-0.05, 0) is 23.7 Å². The molecule has 1 rings (SSSR count). The van der Waals surface area contributed by atoms with Crippen LogP contribution in [0.3, 0.4) is 0 Å². The molecule has 1 aromatic rings. The van der Waals surface area contributed by atoms with Gasteiger partial charge < -0.3 is 4.89 Å². The van der Waals surface area contributed by atoms with Crippen molar-refractivity contribution in [2.45, 2.75) is 20.8 Å². The maximum atomic E-state index is 9.21. The maximum absolute atomic E-state index is 9.21. The number of para-hydroxylation sites is 1. The van der Waals surface area contributed by atoms with E-state index in [-0.39, 0.29) is 5.24 Å². The summed E-state index contributed by atoms with van der Waals surface area (Å²) in [6.45, 7) is 5.29. The van der Waals surface area contributed by atoms with Gasteiger partial charge in [0.2, 0.25) is 5.24 Å². The summed E-state index contributed by atoms with van der Waals surface area (Å²) in [6, 6.07) is 9.02. The van der Waals surface area contributed by atoms with Gasteiger partial charge in [-0.25, -0.2) is 0 Å². The lowest BCUT2D eigenvalue weighted by molar-refractivity contribution is -0.211. The highest BCUT2D eigenvalue weighted by molar-refractivity contribution is 6.62. The average molecular weight is 234 g/mol. The monoisotopic (exact) mass is 233 g/mol. The van der Waals surface area contributed by atoms with E-state index >= 15 is 0 Å². The van der Waals surface area contributed by atoms with Crippen molar-refractivity contribution in [1.29, 1.82) is 0 Å². The summed E-state index contributed by atoms with van der Waals surface area (Å²) >= 11 is 4.64. The Balaban J connectivity index is 0. The minimum absolute atomic E-state index is 0.361. The van der Waals surface area contributed by atoms with Crippen LogP contribution in [0.2, 0.25) is 0 Å². The Labute approximate surface area is 94.8 Å². The molecule has 0 spiro atoms. The molecule has 15 heavy (non-hydrogen) atoms. The summed E-state index contributed by atoms with van der Waals surface area (Å²) in [5.41, 5.74) is 0. The first-order chi connectivity index (χ1) is 7.16. The summed E-state index contributed by atoms with van der Waals surface area (Å²) in [6.07, 6.45) is 0. The van der Waals surface area contributed by atoms with Gasteiger partial charge in [0.05, 0.1) is 0 Å². The summed E-state index contributed by atoms with van der Waals surface area (Å²) < 4.78 is 0. The number of nitrogens with two attached hydrogens (primary N) is 1. The van der Waals surface area contributed by atoms with Crippen molar-refractivity contribution in [1.82, 2.24) is 0 Å². The third-order valence-electron chi connectivity index (χ3n) is 0.888. The Hall–Kier alpha value is -1.10. The number of carbonyl (C=O) groups is 1. The van der Waals surface area contributed by atoms with E-state index in [1.54, 1.807) is 12.1 Å².